The molecule has 0 radical (unpaired) electrons. The van der Waals surface area contributed by atoms with Gasteiger partial charge in [0.2, 0.25) is 0 Å². The number of hydrogen-bond acceptors (Lipinski definition) is 16. The zero-order chi connectivity index (χ0) is 90.8. The van der Waals surface area contributed by atoms with Gasteiger partial charge >= 0.3 is 47.8 Å². The summed E-state index contributed by atoms with van der Waals surface area (Å²) in [5.41, 5.74) is 6.46. The molecule has 20 aromatic rings. The van der Waals surface area contributed by atoms with Crippen LogP contribution in [0.25, 0.3) is 129 Å². The van der Waals surface area contributed by atoms with E-state index in [9.17, 15) is 38.4 Å². The number of hydrogen-bond donors (Lipinski definition) is 0. The maximum absolute atomic E-state index is 14.6. The highest BCUT2D eigenvalue weighted by atomic mass is 16.6. The molecule has 16 heteroatoms. The third-order valence-corrected chi connectivity index (χ3v) is 26.8. The van der Waals surface area contributed by atoms with Gasteiger partial charge in [-0.3, -0.25) is 38.4 Å². The Bertz CT molecular complexity index is 7120. The lowest BCUT2D eigenvalue weighted by Gasteiger charge is -2.32. The summed E-state index contributed by atoms with van der Waals surface area (Å²) in [6.07, 6.45) is 1.68. The van der Waals surface area contributed by atoms with Crippen molar-refractivity contribution >= 4 is 177 Å². The Morgan fingerprint density at radius 1 is 0.182 bits per heavy atom. The number of aryl methyl sites for hydroxylation is 4. The number of ether oxygens (including phenoxy) is 8. The van der Waals surface area contributed by atoms with Gasteiger partial charge in [0.25, 0.3) is 0 Å². The molecule has 0 fully saturated rings. The molecule has 16 nitrogen and oxygen atoms in total. The molecule has 0 saturated carbocycles. The number of esters is 8. The molecule has 0 atom stereocenters. The van der Waals surface area contributed by atoms with Gasteiger partial charge in [-0.05, 0) is 227 Å². The van der Waals surface area contributed by atoms with Crippen molar-refractivity contribution in [2.75, 3.05) is 0 Å². The Kier molecular flexibility index (Phi) is 21.1. The number of carbonyl (C=O) groups is 8. The van der Waals surface area contributed by atoms with E-state index in [2.05, 4.69) is 170 Å². The summed E-state index contributed by atoms with van der Waals surface area (Å²) >= 11 is 0. The minimum absolute atomic E-state index is 0.0428. The van der Waals surface area contributed by atoms with Crippen LogP contribution in [0.1, 0.15) is 172 Å². The highest BCUT2D eigenvalue weighted by molar-refractivity contribution is 6.27. The zero-order valence-corrected chi connectivity index (χ0v) is 73.9. The molecule has 20 aromatic carbocycles. The molecule has 0 aliphatic heterocycles. The Morgan fingerprint density at radius 3 is 0.500 bits per heavy atom. The smallest absolute Gasteiger partial charge is 0.308 e. The maximum atomic E-state index is 14.6. The van der Waals surface area contributed by atoms with Gasteiger partial charge < -0.3 is 37.9 Å². The van der Waals surface area contributed by atoms with E-state index in [1.165, 1.54) is 55.4 Å². The Hall–Kier alpha value is -15.7. The largest absolute Gasteiger partial charge is 0.426 e. The van der Waals surface area contributed by atoms with Gasteiger partial charge in [-0.1, -0.05) is 218 Å². The molecule has 0 unspecified atom stereocenters. The lowest BCUT2D eigenvalue weighted by atomic mass is 9.75. The van der Waals surface area contributed by atoms with Crippen molar-refractivity contribution < 1.29 is 76.3 Å². The molecule has 1 aliphatic carbocycles. The number of carbonyl (C=O) groups excluding carboxylic acids is 8. The molecule has 0 heterocycles. The quantitative estimate of drug-likeness (QED) is 0.0394. The first-order chi connectivity index (χ1) is 64.0. The summed E-state index contributed by atoms with van der Waals surface area (Å²) in [5.74, 6) is -10.6. The molecule has 0 aromatic heterocycles. The summed E-state index contributed by atoms with van der Waals surface area (Å²) < 4.78 is 53.2. The van der Waals surface area contributed by atoms with Crippen molar-refractivity contribution in [2.45, 2.75) is 130 Å². The second-order valence-electron chi connectivity index (χ2n) is 35.2. The van der Waals surface area contributed by atoms with E-state index in [-0.39, 0.29) is 97.4 Å². The topological polar surface area (TPSA) is 210 Å². The summed E-state index contributed by atoms with van der Waals surface area (Å²) in [6, 6.07) is 89.6. The van der Waals surface area contributed by atoms with Crippen LogP contribution < -0.4 is 37.9 Å². The molecular formula is C116H88O16. The first-order valence-electron chi connectivity index (χ1n) is 44.8. The monoisotopic (exact) mass is 1740 g/mol. The van der Waals surface area contributed by atoms with E-state index < -0.39 is 71.4 Å². The van der Waals surface area contributed by atoms with Crippen molar-refractivity contribution in [1.29, 1.82) is 0 Å². The number of benzene rings is 20. The standard InChI is InChI=1S/C116H88O16/c1-61(117)125-101-57-102(126-62(2)118)94-53-93(101)89(45-41-77-49-81-25-9-17-69-33-37-73-21-13-29-85(77)113(73)109(69)81)95-54-96(104(128-64(4)120)58-103(95)127-63(3)119)91(47-43-79-51-83-27-11-19-71-35-39-75-23-15-31-87(79)115(75)111(71)83)99-56-100(108(132-68(8)124)60-107(99)131-67(7)123)92(48-44-80-52-84-28-12-20-72-36-40-76-24-16-32-88(80)116(76)112(72)84)98-55-97(105(129-65(5)121)59-106(98)130-66(6)122)90(94)46-42-78-50-82-26-10-18-70-34-38-74-22-14-30-86(78)114(74)110(70)82/h9-40,49-60,89-92H,41-48H2,1-8H3. The van der Waals surface area contributed by atoms with Crippen molar-refractivity contribution in [3.63, 3.8) is 0 Å². The van der Waals surface area contributed by atoms with Gasteiger partial charge in [0, 0.05) is 148 Å². The average molecular weight is 1740 g/mol. The Balaban J connectivity index is 0.909. The van der Waals surface area contributed by atoms with Gasteiger partial charge in [0.05, 0.1) is 0 Å². The summed E-state index contributed by atoms with van der Waals surface area (Å²) in [4.78, 5) is 117. The highest BCUT2D eigenvalue weighted by Crippen LogP contribution is 2.56. The third-order valence-electron chi connectivity index (χ3n) is 26.8. The van der Waals surface area contributed by atoms with Crippen LogP contribution >= 0.6 is 0 Å². The Morgan fingerprint density at radius 2 is 0.333 bits per heavy atom. The SMILES string of the molecule is CC(=O)Oc1cc(OC(C)=O)c2cc1C(CCc1cc3cccc4ccc5cccc1c5c43)c1cc(c(OC(C)=O)cc1OC(C)=O)C(CCc1cc3cccc4ccc5cccc1c5c43)c1cc(c(OC(C)=O)cc1OC(C)=O)C(CCc1cc3cccc4ccc5cccc1c5c43)c1cc(c(OC(C)=O)cc1OC(C)=O)C2CCc1cc2cccc3ccc4cccc1c4c32. The lowest BCUT2D eigenvalue weighted by Crippen LogP contribution is -2.19. The van der Waals surface area contributed by atoms with Gasteiger partial charge in [0.1, 0.15) is 46.0 Å². The third kappa shape index (κ3) is 15.0. The number of rotatable bonds is 20. The summed E-state index contributed by atoms with van der Waals surface area (Å²) in [6.45, 7) is 10.3. The van der Waals surface area contributed by atoms with Gasteiger partial charge in [-0.2, -0.15) is 0 Å². The van der Waals surface area contributed by atoms with Crippen molar-refractivity contribution in [3.8, 4) is 46.0 Å². The van der Waals surface area contributed by atoms with E-state index in [1.807, 2.05) is 72.8 Å². The summed E-state index contributed by atoms with van der Waals surface area (Å²) in [5, 5.41) is 24.8. The van der Waals surface area contributed by atoms with Crippen molar-refractivity contribution in [3.05, 3.63) is 334 Å². The molecule has 132 heavy (non-hydrogen) atoms. The van der Waals surface area contributed by atoms with E-state index in [1.54, 1.807) is 24.3 Å². The zero-order valence-electron chi connectivity index (χ0n) is 73.9. The van der Waals surface area contributed by atoms with Crippen molar-refractivity contribution in [1.82, 2.24) is 0 Å². The van der Waals surface area contributed by atoms with Crippen LogP contribution in [0.3, 0.4) is 0 Å². The molecular weight excluding hydrogens is 1650 g/mol. The molecule has 0 amide bonds. The van der Waals surface area contributed by atoms with Crippen LogP contribution in [0, 0.1) is 0 Å². The lowest BCUT2D eigenvalue weighted by molar-refractivity contribution is -0.133. The second kappa shape index (κ2) is 33.4. The van der Waals surface area contributed by atoms with Crippen LogP contribution in [0.2, 0.25) is 0 Å². The van der Waals surface area contributed by atoms with Gasteiger partial charge in [0.15, 0.2) is 0 Å². The van der Waals surface area contributed by atoms with Crippen LogP contribution in [-0.2, 0) is 64.0 Å². The van der Waals surface area contributed by atoms with Crippen LogP contribution in [0.5, 0.6) is 46.0 Å². The summed E-state index contributed by atoms with van der Waals surface area (Å²) in [7, 11) is 0. The Labute approximate surface area is 758 Å². The van der Waals surface area contributed by atoms with E-state index in [0.717, 1.165) is 152 Å². The molecule has 0 saturated heterocycles. The first-order valence-corrected chi connectivity index (χ1v) is 44.8. The van der Waals surface area contributed by atoms with E-state index in [0.29, 0.717) is 44.5 Å². The fourth-order valence-corrected chi connectivity index (χ4v) is 21.8. The normalized spacial score (nSPS) is 14.5. The predicted molar refractivity (Wildman–Crippen MR) is 517 cm³/mol. The fourth-order valence-electron chi connectivity index (χ4n) is 21.8. The molecule has 21 rings (SSSR count). The van der Waals surface area contributed by atoms with Crippen LogP contribution in [-0.4, -0.2) is 47.8 Å². The second-order valence-corrected chi connectivity index (χ2v) is 35.2. The molecule has 8 bridgehead atoms. The van der Waals surface area contributed by atoms with Gasteiger partial charge in [-0.15, -0.1) is 0 Å². The van der Waals surface area contributed by atoms with Gasteiger partial charge in [-0.25, -0.2) is 0 Å². The van der Waals surface area contributed by atoms with E-state index >= 15 is 0 Å². The highest BCUT2D eigenvalue weighted by Gasteiger charge is 2.39. The predicted octanol–water partition coefficient (Wildman–Crippen LogP) is 26.1. The molecule has 648 valence electrons. The van der Waals surface area contributed by atoms with E-state index in [4.69, 9.17) is 37.9 Å². The molecule has 1 aliphatic rings. The van der Waals surface area contributed by atoms with Crippen LogP contribution in [0.4, 0.5) is 0 Å². The minimum Gasteiger partial charge on any atom is -0.426 e. The fraction of sp³-hybridized carbons (Fsp3) is 0.172. The maximum Gasteiger partial charge on any atom is 0.308 e. The van der Waals surface area contributed by atoms with Crippen LogP contribution in [0.15, 0.2) is 267 Å². The minimum atomic E-state index is -1.08. The average Bonchev–Trinajstić information content (AvgIpc) is 0.744. The van der Waals surface area contributed by atoms with Crippen molar-refractivity contribution in [2.24, 2.45) is 0 Å². The number of fused-ring (bicyclic) bond motifs is 8. The molecule has 0 N–H and O–H groups in total. The molecule has 0 spiro atoms. The first kappa shape index (κ1) is 83.2.